The highest BCUT2D eigenvalue weighted by molar-refractivity contribution is 5.93. The lowest BCUT2D eigenvalue weighted by atomic mass is 9.84. The highest BCUT2D eigenvalue weighted by Crippen LogP contribution is 2.29. The van der Waals surface area contributed by atoms with E-state index in [0.717, 1.165) is 32.1 Å². The third kappa shape index (κ3) is 3.64. The SMILES string of the molecule is COc1cc2nc(N)n3nc(CCC[C@H](C)N(C)C(=O)C4CCC4)nc3c2cc1F. The first kappa shape index (κ1) is 20.3. The Morgan fingerprint density at radius 2 is 2.17 bits per heavy atom. The number of anilines is 1. The van der Waals surface area contributed by atoms with E-state index in [1.54, 1.807) is 0 Å². The number of nitrogens with zero attached hydrogens (tertiary/aromatic N) is 5. The van der Waals surface area contributed by atoms with Crippen molar-refractivity contribution in [1.29, 1.82) is 0 Å². The molecule has 0 spiro atoms. The van der Waals surface area contributed by atoms with E-state index in [2.05, 4.69) is 22.0 Å². The summed E-state index contributed by atoms with van der Waals surface area (Å²) >= 11 is 0. The second-order valence-electron chi connectivity index (χ2n) is 8.06. The maximum atomic E-state index is 14.2. The molecular weight excluding hydrogens is 387 g/mol. The lowest BCUT2D eigenvalue weighted by molar-refractivity contribution is -0.138. The van der Waals surface area contributed by atoms with E-state index >= 15 is 0 Å². The van der Waals surface area contributed by atoms with Crippen LogP contribution in [0.1, 0.15) is 44.9 Å². The second-order valence-corrected chi connectivity index (χ2v) is 8.06. The average molecular weight is 414 g/mol. The van der Waals surface area contributed by atoms with Crippen LogP contribution in [0.2, 0.25) is 0 Å². The molecule has 0 unspecified atom stereocenters. The number of fused-ring (bicyclic) bond motifs is 3. The van der Waals surface area contributed by atoms with Gasteiger partial charge in [0.25, 0.3) is 0 Å². The fourth-order valence-corrected chi connectivity index (χ4v) is 3.85. The summed E-state index contributed by atoms with van der Waals surface area (Å²) in [5, 5.41) is 4.97. The van der Waals surface area contributed by atoms with E-state index in [-0.39, 0.29) is 29.6 Å². The van der Waals surface area contributed by atoms with Gasteiger partial charge in [-0.25, -0.2) is 14.4 Å². The van der Waals surface area contributed by atoms with Crippen LogP contribution in [0.15, 0.2) is 12.1 Å². The van der Waals surface area contributed by atoms with E-state index in [4.69, 9.17) is 10.5 Å². The predicted octanol–water partition coefficient (Wildman–Crippen LogP) is 2.98. The highest BCUT2D eigenvalue weighted by atomic mass is 19.1. The molecule has 1 amide bonds. The van der Waals surface area contributed by atoms with E-state index in [0.29, 0.717) is 28.8 Å². The number of ether oxygens (including phenoxy) is 1. The summed E-state index contributed by atoms with van der Waals surface area (Å²) < 4.78 is 20.7. The van der Waals surface area contributed by atoms with Crippen LogP contribution in [-0.4, -0.2) is 50.6 Å². The van der Waals surface area contributed by atoms with Crippen LogP contribution in [0, 0.1) is 11.7 Å². The van der Waals surface area contributed by atoms with E-state index < -0.39 is 5.82 Å². The Kier molecular flexibility index (Phi) is 5.44. The van der Waals surface area contributed by atoms with Gasteiger partial charge in [0.1, 0.15) is 0 Å². The van der Waals surface area contributed by atoms with Crippen LogP contribution in [0.3, 0.4) is 0 Å². The van der Waals surface area contributed by atoms with Gasteiger partial charge < -0.3 is 15.4 Å². The number of carbonyl (C=O) groups is 1. The van der Waals surface area contributed by atoms with Crippen molar-refractivity contribution >= 4 is 28.4 Å². The Morgan fingerprint density at radius 1 is 1.40 bits per heavy atom. The number of benzene rings is 1. The maximum Gasteiger partial charge on any atom is 0.225 e. The molecule has 9 heteroatoms. The van der Waals surface area contributed by atoms with Crippen molar-refractivity contribution in [2.75, 3.05) is 19.9 Å². The van der Waals surface area contributed by atoms with Crippen LogP contribution in [0.4, 0.5) is 10.3 Å². The van der Waals surface area contributed by atoms with Crippen LogP contribution < -0.4 is 10.5 Å². The molecule has 2 N–H and O–H groups in total. The molecule has 1 aromatic carbocycles. The monoisotopic (exact) mass is 414 g/mol. The molecule has 1 atom stereocenters. The van der Waals surface area contributed by atoms with Gasteiger partial charge in [0.05, 0.1) is 12.6 Å². The predicted molar refractivity (Wildman–Crippen MR) is 112 cm³/mol. The van der Waals surface area contributed by atoms with Gasteiger partial charge in [0.2, 0.25) is 11.9 Å². The van der Waals surface area contributed by atoms with Crippen LogP contribution in [-0.2, 0) is 11.2 Å². The third-order valence-electron chi connectivity index (χ3n) is 6.10. The number of hydrogen-bond donors (Lipinski definition) is 1. The number of aryl methyl sites for hydroxylation is 1. The maximum absolute atomic E-state index is 14.2. The van der Waals surface area contributed by atoms with Crippen LogP contribution >= 0.6 is 0 Å². The molecular formula is C21H27FN6O2. The largest absolute Gasteiger partial charge is 0.494 e. The molecule has 0 saturated heterocycles. The van der Waals surface area contributed by atoms with Gasteiger partial charge in [-0.15, -0.1) is 5.10 Å². The normalized spacial score (nSPS) is 15.3. The van der Waals surface area contributed by atoms with E-state index in [9.17, 15) is 9.18 Å². The zero-order chi connectivity index (χ0) is 21.4. The number of hydrogen-bond acceptors (Lipinski definition) is 6. The van der Waals surface area contributed by atoms with Crippen LogP contribution in [0.5, 0.6) is 5.75 Å². The minimum absolute atomic E-state index is 0.105. The van der Waals surface area contributed by atoms with Crippen molar-refractivity contribution in [2.45, 2.75) is 51.5 Å². The molecule has 0 radical (unpaired) electrons. The van der Waals surface area contributed by atoms with Gasteiger partial charge in [0, 0.05) is 36.9 Å². The lowest BCUT2D eigenvalue weighted by Crippen LogP contribution is -2.41. The molecule has 1 saturated carbocycles. The quantitative estimate of drug-likeness (QED) is 0.638. The summed E-state index contributed by atoms with van der Waals surface area (Å²) in [6, 6.07) is 3.01. The summed E-state index contributed by atoms with van der Waals surface area (Å²) in [6.45, 7) is 2.07. The van der Waals surface area contributed by atoms with E-state index in [1.165, 1.54) is 23.8 Å². The number of rotatable bonds is 7. The standard InChI is InChI=1S/C21H27FN6O2/c1-12(27(2)20(29)13-7-5-8-13)6-4-9-18-25-19-14-10-15(22)17(30-3)11-16(14)24-21(23)28(19)26-18/h10-13H,4-9H2,1-3H3,(H2,23,24)/t12-/m0/s1. The second kappa shape index (κ2) is 8.04. The molecule has 2 aromatic heterocycles. The smallest absolute Gasteiger partial charge is 0.225 e. The van der Waals surface area contributed by atoms with Crippen molar-refractivity contribution in [3.63, 3.8) is 0 Å². The summed E-state index contributed by atoms with van der Waals surface area (Å²) in [7, 11) is 3.29. The number of carbonyl (C=O) groups excluding carboxylic acids is 1. The molecule has 1 fully saturated rings. The molecule has 1 aliphatic carbocycles. The minimum Gasteiger partial charge on any atom is -0.494 e. The average Bonchev–Trinajstić information content (AvgIpc) is 3.11. The molecule has 2 heterocycles. The Balaban J connectivity index is 1.48. The lowest BCUT2D eigenvalue weighted by Gasteiger charge is -2.32. The van der Waals surface area contributed by atoms with Crippen molar-refractivity contribution in [3.8, 4) is 5.75 Å². The fraction of sp³-hybridized carbons (Fsp3) is 0.524. The number of amides is 1. The minimum atomic E-state index is -0.490. The van der Waals surface area contributed by atoms with Gasteiger partial charge in [-0.3, -0.25) is 4.79 Å². The van der Waals surface area contributed by atoms with Crippen molar-refractivity contribution in [1.82, 2.24) is 24.5 Å². The highest BCUT2D eigenvalue weighted by Gasteiger charge is 2.29. The Labute approximate surface area is 174 Å². The molecule has 8 nitrogen and oxygen atoms in total. The summed E-state index contributed by atoms with van der Waals surface area (Å²) in [4.78, 5) is 23.1. The number of methoxy groups -OCH3 is 1. The summed E-state index contributed by atoms with van der Waals surface area (Å²) in [5.41, 5.74) is 7.01. The third-order valence-corrected chi connectivity index (χ3v) is 6.10. The molecule has 0 aliphatic heterocycles. The molecule has 4 rings (SSSR count). The molecule has 160 valence electrons. The number of nitrogen functional groups attached to an aromatic ring is 1. The zero-order valence-corrected chi connectivity index (χ0v) is 17.6. The van der Waals surface area contributed by atoms with Crippen molar-refractivity contribution < 1.29 is 13.9 Å². The number of aromatic nitrogens is 4. The Morgan fingerprint density at radius 3 is 2.83 bits per heavy atom. The van der Waals surface area contributed by atoms with Gasteiger partial charge in [0.15, 0.2) is 23.0 Å². The molecule has 1 aliphatic rings. The van der Waals surface area contributed by atoms with Crippen molar-refractivity contribution in [3.05, 3.63) is 23.8 Å². The topological polar surface area (TPSA) is 98.6 Å². The first-order chi connectivity index (χ1) is 14.4. The summed E-state index contributed by atoms with van der Waals surface area (Å²) in [6.07, 6.45) is 5.49. The first-order valence-corrected chi connectivity index (χ1v) is 10.3. The van der Waals surface area contributed by atoms with Crippen molar-refractivity contribution in [2.24, 2.45) is 5.92 Å². The molecule has 0 bridgehead atoms. The van der Waals surface area contributed by atoms with Gasteiger partial charge in [-0.05, 0) is 38.7 Å². The number of halogens is 1. The molecule has 3 aromatic rings. The fourth-order valence-electron chi connectivity index (χ4n) is 3.85. The van der Waals surface area contributed by atoms with Gasteiger partial charge >= 0.3 is 0 Å². The van der Waals surface area contributed by atoms with E-state index in [1.807, 2.05) is 11.9 Å². The van der Waals surface area contributed by atoms with Gasteiger partial charge in [-0.2, -0.15) is 4.52 Å². The first-order valence-electron chi connectivity index (χ1n) is 10.3. The molecule has 30 heavy (non-hydrogen) atoms. The van der Waals surface area contributed by atoms with Crippen LogP contribution in [0.25, 0.3) is 16.6 Å². The van der Waals surface area contributed by atoms with Gasteiger partial charge in [-0.1, -0.05) is 6.42 Å². The zero-order valence-electron chi connectivity index (χ0n) is 17.6. The number of nitrogens with two attached hydrogens (primary N) is 1. The Bertz CT molecular complexity index is 1090. The summed E-state index contributed by atoms with van der Waals surface area (Å²) in [5.74, 6) is 0.878. The Hall–Kier alpha value is -2.97.